The molecule has 2 rings (SSSR count). The van der Waals surface area contributed by atoms with Crippen LogP contribution in [0.2, 0.25) is 0 Å². The number of nitrogens with zero attached hydrogens (tertiary/aromatic N) is 1. The minimum Gasteiger partial charge on any atom is -0.356 e. The van der Waals surface area contributed by atoms with Crippen molar-refractivity contribution in [2.24, 2.45) is 10.9 Å². The van der Waals surface area contributed by atoms with Crippen LogP contribution in [0.5, 0.6) is 0 Å². The van der Waals surface area contributed by atoms with E-state index in [1.807, 2.05) is 7.05 Å². The van der Waals surface area contributed by atoms with Crippen LogP contribution in [0.3, 0.4) is 0 Å². The van der Waals surface area contributed by atoms with E-state index in [-0.39, 0.29) is 0 Å². The number of guanidine groups is 1. The van der Waals surface area contributed by atoms with E-state index in [1.54, 1.807) is 11.3 Å². The molecule has 3 nitrogen and oxygen atoms in total. The zero-order valence-electron chi connectivity index (χ0n) is 10.0. The third-order valence-electron chi connectivity index (χ3n) is 2.77. The minimum absolute atomic E-state index is 0.877. The fraction of sp³-hybridized carbons (Fsp3) is 0.583. The summed E-state index contributed by atoms with van der Waals surface area (Å²) in [7, 11) is 1.82. The molecule has 1 fully saturated rings. The van der Waals surface area contributed by atoms with E-state index >= 15 is 0 Å². The van der Waals surface area contributed by atoms with E-state index in [4.69, 9.17) is 0 Å². The number of hydrogen-bond donors (Lipinski definition) is 2. The summed E-state index contributed by atoms with van der Waals surface area (Å²) in [6.45, 7) is 1.99. The molecule has 17 heavy (non-hydrogen) atoms. The molecule has 0 aromatic carbocycles. The standard InChI is InChI=1S/C12H18BrN3S/c1-14-12(16-8-9-2-3-9)15-7-6-10-4-5-11(13)17-10/h4-5,9H,2-3,6-8H2,1H3,(H2,14,15,16). The van der Waals surface area contributed by atoms with Gasteiger partial charge in [0.15, 0.2) is 5.96 Å². The second-order valence-electron chi connectivity index (χ2n) is 4.28. The number of thiophene rings is 1. The lowest BCUT2D eigenvalue weighted by atomic mass is 10.3. The van der Waals surface area contributed by atoms with Crippen molar-refractivity contribution in [2.45, 2.75) is 19.3 Å². The molecule has 94 valence electrons. The third-order valence-corrected chi connectivity index (χ3v) is 4.45. The van der Waals surface area contributed by atoms with Crippen molar-refractivity contribution in [3.8, 4) is 0 Å². The van der Waals surface area contributed by atoms with Crippen LogP contribution in [0.15, 0.2) is 20.9 Å². The molecule has 0 atom stereocenters. The summed E-state index contributed by atoms with van der Waals surface area (Å²) >= 11 is 5.27. The van der Waals surface area contributed by atoms with Gasteiger partial charge in [-0.05, 0) is 53.2 Å². The van der Waals surface area contributed by atoms with Crippen molar-refractivity contribution in [2.75, 3.05) is 20.1 Å². The van der Waals surface area contributed by atoms with Crippen molar-refractivity contribution in [1.29, 1.82) is 0 Å². The van der Waals surface area contributed by atoms with Crippen LogP contribution in [0.1, 0.15) is 17.7 Å². The van der Waals surface area contributed by atoms with E-state index < -0.39 is 0 Å². The highest BCUT2D eigenvalue weighted by Crippen LogP contribution is 2.27. The first kappa shape index (κ1) is 12.9. The molecule has 1 saturated carbocycles. The van der Waals surface area contributed by atoms with E-state index in [9.17, 15) is 0 Å². The first-order valence-corrected chi connectivity index (χ1v) is 7.57. The van der Waals surface area contributed by atoms with Gasteiger partial charge in [0, 0.05) is 25.0 Å². The SMILES string of the molecule is CN=C(NCCc1ccc(Br)s1)NCC1CC1. The van der Waals surface area contributed by atoms with Crippen LogP contribution in [0.4, 0.5) is 0 Å². The fourth-order valence-electron chi connectivity index (χ4n) is 1.57. The maximum absolute atomic E-state index is 4.21. The molecule has 0 saturated heterocycles. The summed E-state index contributed by atoms with van der Waals surface area (Å²) in [5.41, 5.74) is 0. The summed E-state index contributed by atoms with van der Waals surface area (Å²) in [5, 5.41) is 6.70. The quantitative estimate of drug-likeness (QED) is 0.647. The molecular formula is C12H18BrN3S. The normalized spacial score (nSPS) is 16.0. The molecule has 2 N–H and O–H groups in total. The Morgan fingerprint density at radius 3 is 2.88 bits per heavy atom. The van der Waals surface area contributed by atoms with Crippen LogP contribution in [-0.2, 0) is 6.42 Å². The maximum Gasteiger partial charge on any atom is 0.190 e. The highest BCUT2D eigenvalue weighted by atomic mass is 79.9. The molecule has 0 aliphatic heterocycles. The van der Waals surface area contributed by atoms with E-state index in [2.05, 4.69) is 43.7 Å². The number of rotatable bonds is 5. The van der Waals surface area contributed by atoms with E-state index in [1.165, 1.54) is 21.5 Å². The van der Waals surface area contributed by atoms with Gasteiger partial charge >= 0.3 is 0 Å². The van der Waals surface area contributed by atoms with E-state index in [0.717, 1.165) is 31.4 Å². The highest BCUT2D eigenvalue weighted by Gasteiger charge is 2.20. The Morgan fingerprint density at radius 1 is 1.47 bits per heavy atom. The van der Waals surface area contributed by atoms with Gasteiger partial charge in [-0.25, -0.2) is 0 Å². The summed E-state index contributed by atoms with van der Waals surface area (Å²) in [4.78, 5) is 5.60. The van der Waals surface area contributed by atoms with Crippen LogP contribution < -0.4 is 10.6 Å². The monoisotopic (exact) mass is 315 g/mol. The second kappa shape index (κ2) is 6.40. The lowest BCUT2D eigenvalue weighted by Gasteiger charge is -2.10. The van der Waals surface area contributed by atoms with Crippen LogP contribution in [0, 0.1) is 5.92 Å². The Bertz CT molecular complexity index is 385. The lowest BCUT2D eigenvalue weighted by Crippen LogP contribution is -2.39. The Morgan fingerprint density at radius 2 is 2.29 bits per heavy atom. The molecular weight excluding hydrogens is 298 g/mol. The lowest BCUT2D eigenvalue weighted by molar-refractivity contribution is 0.736. The summed E-state index contributed by atoms with van der Waals surface area (Å²) in [5.74, 6) is 1.80. The predicted molar refractivity (Wildman–Crippen MR) is 77.8 cm³/mol. The zero-order valence-corrected chi connectivity index (χ0v) is 12.4. The number of halogens is 1. The summed E-state index contributed by atoms with van der Waals surface area (Å²) in [6, 6.07) is 4.26. The first-order valence-electron chi connectivity index (χ1n) is 5.96. The molecule has 0 unspecified atom stereocenters. The van der Waals surface area contributed by atoms with E-state index in [0.29, 0.717) is 0 Å². The first-order chi connectivity index (χ1) is 8.28. The van der Waals surface area contributed by atoms with Crippen LogP contribution in [-0.4, -0.2) is 26.1 Å². The highest BCUT2D eigenvalue weighted by molar-refractivity contribution is 9.11. The molecule has 0 bridgehead atoms. The molecule has 0 amide bonds. The van der Waals surface area contributed by atoms with Gasteiger partial charge in [-0.1, -0.05) is 0 Å². The smallest absolute Gasteiger partial charge is 0.190 e. The van der Waals surface area contributed by atoms with Gasteiger partial charge in [-0.15, -0.1) is 11.3 Å². The van der Waals surface area contributed by atoms with Crippen molar-refractivity contribution in [3.63, 3.8) is 0 Å². The largest absolute Gasteiger partial charge is 0.356 e. The Kier molecular flexibility index (Phi) is 4.86. The van der Waals surface area contributed by atoms with Gasteiger partial charge in [-0.3, -0.25) is 4.99 Å². The average Bonchev–Trinajstić information content (AvgIpc) is 3.06. The molecule has 1 aliphatic rings. The zero-order chi connectivity index (χ0) is 12.1. The number of aliphatic imine (C=N–C) groups is 1. The maximum atomic E-state index is 4.21. The van der Waals surface area contributed by atoms with Crippen molar-refractivity contribution < 1.29 is 0 Å². The Labute approximate surface area is 115 Å². The second-order valence-corrected chi connectivity index (χ2v) is 6.83. The predicted octanol–water partition coefficient (Wildman–Crippen LogP) is 2.63. The Hall–Kier alpha value is -0.550. The van der Waals surface area contributed by atoms with Crippen molar-refractivity contribution in [3.05, 3.63) is 20.8 Å². The molecule has 0 radical (unpaired) electrons. The number of hydrogen-bond acceptors (Lipinski definition) is 2. The third kappa shape index (κ3) is 4.68. The van der Waals surface area contributed by atoms with Gasteiger partial charge < -0.3 is 10.6 Å². The van der Waals surface area contributed by atoms with Gasteiger partial charge in [0.1, 0.15) is 0 Å². The molecule has 1 aliphatic carbocycles. The molecule has 1 aromatic heterocycles. The average molecular weight is 316 g/mol. The fourth-order valence-corrected chi connectivity index (χ4v) is 3.06. The number of nitrogens with one attached hydrogen (secondary N) is 2. The van der Waals surface area contributed by atoms with Gasteiger partial charge in [0.2, 0.25) is 0 Å². The summed E-state index contributed by atoms with van der Waals surface area (Å²) < 4.78 is 1.20. The minimum atomic E-state index is 0.877. The Balaban J connectivity index is 1.65. The van der Waals surface area contributed by atoms with Crippen molar-refractivity contribution in [1.82, 2.24) is 10.6 Å². The topological polar surface area (TPSA) is 36.4 Å². The summed E-state index contributed by atoms with van der Waals surface area (Å²) in [6.07, 6.45) is 3.78. The molecule has 5 heteroatoms. The van der Waals surface area contributed by atoms with Gasteiger partial charge in [-0.2, -0.15) is 0 Å². The molecule has 1 heterocycles. The van der Waals surface area contributed by atoms with Crippen LogP contribution in [0.25, 0.3) is 0 Å². The van der Waals surface area contributed by atoms with Crippen LogP contribution >= 0.6 is 27.3 Å². The van der Waals surface area contributed by atoms with Gasteiger partial charge in [0.25, 0.3) is 0 Å². The molecule has 0 spiro atoms. The van der Waals surface area contributed by atoms with Crippen molar-refractivity contribution >= 4 is 33.2 Å². The molecule has 1 aromatic rings. The van der Waals surface area contributed by atoms with Gasteiger partial charge in [0.05, 0.1) is 3.79 Å².